The van der Waals surface area contributed by atoms with Crippen LogP contribution >= 0.6 is 23.2 Å². The zero-order valence-electron chi connectivity index (χ0n) is 8.09. The van der Waals surface area contributed by atoms with Gasteiger partial charge in [-0.15, -0.1) is 0 Å². The predicted octanol–water partition coefficient (Wildman–Crippen LogP) is 0.713. The van der Waals surface area contributed by atoms with Gasteiger partial charge in [0.05, 0.1) is 16.6 Å². The highest BCUT2D eigenvalue weighted by Gasteiger charge is 2.08. The van der Waals surface area contributed by atoms with E-state index in [-0.39, 0.29) is 11.6 Å². The molecule has 0 spiro atoms. The third-order valence-corrected chi connectivity index (χ3v) is 2.49. The highest BCUT2D eigenvalue weighted by molar-refractivity contribution is 6.42. The van der Waals surface area contributed by atoms with Crippen LogP contribution in [0, 0.1) is 0 Å². The maximum absolute atomic E-state index is 11.5. The number of rotatable bonds is 3. The minimum absolute atomic E-state index is 0.199. The Hall–Kier alpha value is -1.30. The summed E-state index contributed by atoms with van der Waals surface area (Å²) >= 11 is 11.4. The van der Waals surface area contributed by atoms with Crippen molar-refractivity contribution < 1.29 is 9.59 Å². The van der Waals surface area contributed by atoms with Crippen molar-refractivity contribution in [2.24, 2.45) is 5.84 Å². The number of halogens is 2. The van der Waals surface area contributed by atoms with Crippen molar-refractivity contribution in [1.29, 1.82) is 0 Å². The first-order valence-electron chi connectivity index (χ1n) is 4.27. The Kier molecular flexibility index (Phi) is 4.54. The molecule has 0 atom stereocenters. The van der Waals surface area contributed by atoms with E-state index in [0.717, 1.165) is 0 Å². The van der Waals surface area contributed by atoms with E-state index in [2.05, 4.69) is 5.32 Å². The molecule has 0 aliphatic carbocycles. The van der Waals surface area contributed by atoms with E-state index in [9.17, 15) is 9.59 Å². The molecule has 2 amide bonds. The molecule has 0 aliphatic rings. The Balaban J connectivity index is 2.66. The van der Waals surface area contributed by atoms with Crippen LogP contribution in [0.2, 0.25) is 10.0 Å². The first kappa shape index (κ1) is 12.8. The lowest BCUT2D eigenvalue weighted by Gasteiger charge is -2.04. The smallest absolute Gasteiger partial charge is 0.253 e. The fourth-order valence-corrected chi connectivity index (χ4v) is 1.25. The average Bonchev–Trinajstić information content (AvgIpc) is 2.29. The first-order chi connectivity index (χ1) is 7.54. The number of amides is 2. The van der Waals surface area contributed by atoms with Gasteiger partial charge in [-0.2, -0.15) is 0 Å². The second-order valence-corrected chi connectivity index (χ2v) is 3.69. The normalized spacial score (nSPS) is 9.69. The third kappa shape index (κ3) is 3.37. The Morgan fingerprint density at radius 2 is 1.94 bits per heavy atom. The quantitative estimate of drug-likeness (QED) is 0.426. The van der Waals surface area contributed by atoms with E-state index in [4.69, 9.17) is 29.0 Å². The molecule has 0 aromatic heterocycles. The lowest BCUT2D eigenvalue weighted by atomic mass is 10.2. The second-order valence-electron chi connectivity index (χ2n) is 2.88. The van der Waals surface area contributed by atoms with Gasteiger partial charge in [-0.1, -0.05) is 23.2 Å². The van der Waals surface area contributed by atoms with Crippen LogP contribution in [0.15, 0.2) is 18.2 Å². The summed E-state index contributed by atoms with van der Waals surface area (Å²) < 4.78 is 0. The van der Waals surface area contributed by atoms with E-state index >= 15 is 0 Å². The number of nitrogens with one attached hydrogen (secondary N) is 2. The van der Waals surface area contributed by atoms with E-state index in [1.165, 1.54) is 18.2 Å². The van der Waals surface area contributed by atoms with Crippen molar-refractivity contribution >= 4 is 35.0 Å². The van der Waals surface area contributed by atoms with Crippen molar-refractivity contribution in [2.45, 2.75) is 0 Å². The summed E-state index contributed by atoms with van der Waals surface area (Å²) in [5.41, 5.74) is 2.21. The average molecular weight is 262 g/mol. The summed E-state index contributed by atoms with van der Waals surface area (Å²) in [6, 6.07) is 4.42. The molecular formula is C9H9Cl2N3O2. The molecule has 0 unspecified atom stereocenters. The molecule has 0 fully saturated rings. The minimum Gasteiger partial charge on any atom is -0.343 e. The van der Waals surface area contributed by atoms with Crippen LogP contribution in [-0.2, 0) is 4.79 Å². The fraction of sp³-hybridized carbons (Fsp3) is 0.111. The van der Waals surface area contributed by atoms with Crippen LogP contribution in [0.1, 0.15) is 10.4 Å². The number of hydrogen-bond acceptors (Lipinski definition) is 3. The zero-order valence-corrected chi connectivity index (χ0v) is 9.60. The Morgan fingerprint density at radius 3 is 2.50 bits per heavy atom. The van der Waals surface area contributed by atoms with Gasteiger partial charge in [-0.3, -0.25) is 15.0 Å². The highest BCUT2D eigenvalue weighted by atomic mass is 35.5. The van der Waals surface area contributed by atoms with Gasteiger partial charge in [-0.05, 0) is 18.2 Å². The van der Waals surface area contributed by atoms with Crippen LogP contribution in [0.3, 0.4) is 0 Å². The number of carbonyl (C=O) groups excluding carboxylic acids is 2. The molecule has 0 bridgehead atoms. The molecule has 5 nitrogen and oxygen atoms in total. The summed E-state index contributed by atoms with van der Waals surface area (Å²) in [5.74, 6) is 3.93. The molecule has 1 rings (SSSR count). The van der Waals surface area contributed by atoms with Crippen molar-refractivity contribution in [1.82, 2.24) is 10.7 Å². The van der Waals surface area contributed by atoms with Crippen molar-refractivity contribution in [3.63, 3.8) is 0 Å². The standard InChI is InChI=1S/C9H9Cl2N3O2/c10-6-2-1-5(3-7(6)11)9(16)13-4-8(15)14-12/h1-3H,4,12H2,(H,13,16)(H,14,15). The van der Waals surface area contributed by atoms with Crippen LogP contribution in [0.5, 0.6) is 0 Å². The van der Waals surface area contributed by atoms with E-state index in [1.54, 1.807) is 0 Å². The lowest BCUT2D eigenvalue weighted by Crippen LogP contribution is -2.40. The Labute approximate surface area is 102 Å². The summed E-state index contributed by atoms with van der Waals surface area (Å²) in [6.45, 7) is -0.199. The maximum Gasteiger partial charge on any atom is 0.253 e. The lowest BCUT2D eigenvalue weighted by molar-refractivity contribution is -0.120. The van der Waals surface area contributed by atoms with Crippen LogP contribution in [0.4, 0.5) is 0 Å². The zero-order chi connectivity index (χ0) is 12.1. The molecule has 16 heavy (non-hydrogen) atoms. The SMILES string of the molecule is NNC(=O)CNC(=O)c1ccc(Cl)c(Cl)c1. The largest absolute Gasteiger partial charge is 0.343 e. The fourth-order valence-electron chi connectivity index (χ4n) is 0.951. The molecule has 86 valence electrons. The van der Waals surface area contributed by atoms with Gasteiger partial charge in [0.2, 0.25) is 0 Å². The van der Waals surface area contributed by atoms with Crippen LogP contribution in [-0.4, -0.2) is 18.4 Å². The summed E-state index contributed by atoms with van der Waals surface area (Å²) in [6.07, 6.45) is 0. The molecule has 4 N–H and O–H groups in total. The van der Waals surface area contributed by atoms with Gasteiger partial charge in [0.1, 0.15) is 0 Å². The van der Waals surface area contributed by atoms with Gasteiger partial charge in [0.15, 0.2) is 0 Å². The number of carbonyl (C=O) groups is 2. The predicted molar refractivity (Wildman–Crippen MR) is 61.1 cm³/mol. The molecule has 1 aromatic rings. The van der Waals surface area contributed by atoms with Gasteiger partial charge in [-0.25, -0.2) is 5.84 Å². The van der Waals surface area contributed by atoms with Crippen molar-refractivity contribution in [3.05, 3.63) is 33.8 Å². The molecule has 7 heteroatoms. The summed E-state index contributed by atoms with van der Waals surface area (Å²) in [7, 11) is 0. The molecule has 0 saturated heterocycles. The Bertz CT molecular complexity index is 423. The second kappa shape index (κ2) is 5.69. The number of nitrogens with two attached hydrogens (primary N) is 1. The van der Waals surface area contributed by atoms with E-state index < -0.39 is 11.8 Å². The number of hydrazine groups is 1. The molecular weight excluding hydrogens is 253 g/mol. The molecule has 1 aromatic carbocycles. The van der Waals surface area contributed by atoms with Gasteiger partial charge < -0.3 is 5.32 Å². The third-order valence-electron chi connectivity index (χ3n) is 1.75. The number of benzene rings is 1. The monoisotopic (exact) mass is 261 g/mol. The van der Waals surface area contributed by atoms with Crippen molar-refractivity contribution in [2.75, 3.05) is 6.54 Å². The molecule has 0 saturated carbocycles. The van der Waals surface area contributed by atoms with Crippen LogP contribution in [0.25, 0.3) is 0 Å². The summed E-state index contributed by atoms with van der Waals surface area (Å²) in [5, 5.41) is 3.00. The van der Waals surface area contributed by atoms with Gasteiger partial charge in [0, 0.05) is 5.56 Å². The van der Waals surface area contributed by atoms with E-state index in [0.29, 0.717) is 10.6 Å². The molecule has 0 radical (unpaired) electrons. The van der Waals surface area contributed by atoms with Gasteiger partial charge >= 0.3 is 0 Å². The highest BCUT2D eigenvalue weighted by Crippen LogP contribution is 2.22. The number of hydrogen-bond donors (Lipinski definition) is 3. The van der Waals surface area contributed by atoms with Crippen molar-refractivity contribution in [3.8, 4) is 0 Å². The van der Waals surface area contributed by atoms with Gasteiger partial charge in [0.25, 0.3) is 11.8 Å². The Morgan fingerprint density at radius 1 is 1.25 bits per heavy atom. The topological polar surface area (TPSA) is 84.2 Å². The molecule has 0 heterocycles. The maximum atomic E-state index is 11.5. The summed E-state index contributed by atoms with van der Waals surface area (Å²) in [4.78, 5) is 22.3. The first-order valence-corrected chi connectivity index (χ1v) is 5.03. The van der Waals surface area contributed by atoms with Crippen LogP contribution < -0.4 is 16.6 Å². The minimum atomic E-state index is -0.492. The van der Waals surface area contributed by atoms with E-state index in [1.807, 2.05) is 5.43 Å². The molecule has 0 aliphatic heterocycles.